The van der Waals surface area contributed by atoms with Gasteiger partial charge in [0.25, 0.3) is 5.91 Å². The van der Waals surface area contributed by atoms with Crippen molar-refractivity contribution in [2.45, 2.75) is 46.5 Å². The van der Waals surface area contributed by atoms with Crippen LogP contribution in [0.3, 0.4) is 0 Å². The van der Waals surface area contributed by atoms with Crippen molar-refractivity contribution in [1.82, 2.24) is 5.32 Å². The van der Waals surface area contributed by atoms with Gasteiger partial charge in [-0.15, -0.1) is 0 Å². The van der Waals surface area contributed by atoms with Crippen LogP contribution in [0.15, 0.2) is 84.9 Å². The molecule has 0 atom stereocenters. The summed E-state index contributed by atoms with van der Waals surface area (Å²) >= 11 is 6.73. The summed E-state index contributed by atoms with van der Waals surface area (Å²) in [6.45, 7) is 10.7. The van der Waals surface area contributed by atoms with Crippen LogP contribution in [0, 0.1) is 0 Å². The number of imide groups is 1. The molecule has 2 N–H and O–H groups in total. The third-order valence-electron chi connectivity index (χ3n) is 6.56. The SMILES string of the molecule is CCOc1ccccc1C(=O)NC(=O)Nc1cc(Cl)c(Oc2ccc(C(C)(C)C)cc2-c2ccccc2)c(CC)c1. The van der Waals surface area contributed by atoms with Crippen LogP contribution in [0.1, 0.15) is 56.1 Å². The fraction of sp³-hybridized carbons (Fsp3) is 0.235. The van der Waals surface area contributed by atoms with Gasteiger partial charge >= 0.3 is 6.03 Å². The minimum atomic E-state index is -0.683. The van der Waals surface area contributed by atoms with E-state index in [4.69, 9.17) is 21.1 Å². The first-order chi connectivity index (χ1) is 19.6. The Labute approximate surface area is 246 Å². The number of rotatable bonds is 8. The van der Waals surface area contributed by atoms with Crippen LogP contribution in [0.4, 0.5) is 10.5 Å². The van der Waals surface area contributed by atoms with E-state index in [9.17, 15) is 9.59 Å². The van der Waals surface area contributed by atoms with Crippen molar-refractivity contribution in [2.24, 2.45) is 0 Å². The molecule has 0 spiro atoms. The number of nitrogens with one attached hydrogen (secondary N) is 2. The molecule has 0 heterocycles. The van der Waals surface area contributed by atoms with E-state index in [0.717, 1.165) is 16.7 Å². The molecule has 0 saturated carbocycles. The van der Waals surface area contributed by atoms with E-state index in [1.807, 2.05) is 38.1 Å². The molecule has 212 valence electrons. The highest BCUT2D eigenvalue weighted by Crippen LogP contribution is 2.41. The maximum absolute atomic E-state index is 12.7. The molecule has 7 heteroatoms. The average molecular weight is 571 g/mol. The first kappa shape index (κ1) is 29.7. The van der Waals surface area contributed by atoms with Gasteiger partial charge in [-0.3, -0.25) is 10.1 Å². The van der Waals surface area contributed by atoms with E-state index in [1.165, 1.54) is 5.56 Å². The molecule has 3 amide bonds. The first-order valence-electron chi connectivity index (χ1n) is 13.6. The molecule has 4 rings (SSSR count). The van der Waals surface area contributed by atoms with E-state index < -0.39 is 11.9 Å². The third-order valence-corrected chi connectivity index (χ3v) is 6.84. The van der Waals surface area contributed by atoms with E-state index in [1.54, 1.807) is 36.4 Å². The minimum absolute atomic E-state index is 0.0331. The Morgan fingerprint density at radius 1 is 0.854 bits per heavy atom. The van der Waals surface area contributed by atoms with Crippen molar-refractivity contribution in [3.8, 4) is 28.4 Å². The molecule has 0 radical (unpaired) electrons. The van der Waals surface area contributed by atoms with Crippen molar-refractivity contribution in [2.75, 3.05) is 11.9 Å². The molecule has 0 bridgehead atoms. The zero-order valence-corrected chi connectivity index (χ0v) is 24.8. The predicted octanol–water partition coefficient (Wildman–Crippen LogP) is 9.02. The van der Waals surface area contributed by atoms with Crippen LogP contribution < -0.4 is 20.1 Å². The van der Waals surface area contributed by atoms with Crippen molar-refractivity contribution >= 4 is 29.2 Å². The van der Waals surface area contributed by atoms with Gasteiger partial charge in [0.1, 0.15) is 17.2 Å². The maximum Gasteiger partial charge on any atom is 0.326 e. The molecule has 0 aliphatic rings. The Balaban J connectivity index is 1.58. The molecule has 0 aliphatic carbocycles. The number of carbonyl (C=O) groups is 2. The zero-order chi connectivity index (χ0) is 29.6. The normalized spacial score (nSPS) is 11.1. The molecule has 0 unspecified atom stereocenters. The molecule has 0 saturated heterocycles. The van der Waals surface area contributed by atoms with Crippen molar-refractivity contribution in [1.29, 1.82) is 0 Å². The lowest BCUT2D eigenvalue weighted by atomic mass is 9.85. The molecule has 0 fully saturated rings. The highest BCUT2D eigenvalue weighted by atomic mass is 35.5. The van der Waals surface area contributed by atoms with E-state index >= 15 is 0 Å². The Bertz CT molecular complexity index is 1540. The van der Waals surface area contributed by atoms with E-state index in [0.29, 0.717) is 41.0 Å². The van der Waals surface area contributed by atoms with Crippen LogP contribution >= 0.6 is 11.6 Å². The first-order valence-corrected chi connectivity index (χ1v) is 14.0. The smallest absolute Gasteiger partial charge is 0.326 e. The predicted molar refractivity (Wildman–Crippen MR) is 166 cm³/mol. The maximum atomic E-state index is 12.7. The van der Waals surface area contributed by atoms with Crippen LogP contribution in [-0.2, 0) is 11.8 Å². The second kappa shape index (κ2) is 12.9. The lowest BCUT2D eigenvalue weighted by Crippen LogP contribution is -2.34. The summed E-state index contributed by atoms with van der Waals surface area (Å²) in [5.41, 5.74) is 4.67. The topological polar surface area (TPSA) is 76.7 Å². The molecule has 0 aliphatic heterocycles. The van der Waals surface area contributed by atoms with Crippen LogP contribution in [0.5, 0.6) is 17.2 Å². The summed E-state index contributed by atoms with van der Waals surface area (Å²) < 4.78 is 12.0. The lowest BCUT2D eigenvalue weighted by molar-refractivity contribution is 0.0963. The average Bonchev–Trinajstić information content (AvgIpc) is 2.94. The molecule has 0 aromatic heterocycles. The quantitative estimate of drug-likeness (QED) is 0.221. The minimum Gasteiger partial charge on any atom is -0.493 e. The number of halogens is 1. The Kier molecular flexibility index (Phi) is 9.35. The Morgan fingerprint density at radius 2 is 1.56 bits per heavy atom. The van der Waals surface area contributed by atoms with Crippen LogP contribution in [0.25, 0.3) is 11.1 Å². The summed E-state index contributed by atoms with van der Waals surface area (Å²) in [6.07, 6.45) is 0.605. The van der Waals surface area contributed by atoms with Crippen LogP contribution in [-0.4, -0.2) is 18.5 Å². The second-order valence-electron chi connectivity index (χ2n) is 10.6. The molecular weight excluding hydrogens is 536 g/mol. The molecule has 4 aromatic rings. The second-order valence-corrected chi connectivity index (χ2v) is 11.0. The number of anilines is 1. The molecule has 4 aromatic carbocycles. The fourth-order valence-corrected chi connectivity index (χ4v) is 4.68. The summed E-state index contributed by atoms with van der Waals surface area (Å²) in [4.78, 5) is 25.4. The number of amides is 3. The van der Waals surface area contributed by atoms with Crippen molar-refractivity contribution in [3.05, 3.63) is 107 Å². The van der Waals surface area contributed by atoms with Gasteiger partial charge < -0.3 is 14.8 Å². The third kappa shape index (κ3) is 7.27. The van der Waals surface area contributed by atoms with Gasteiger partial charge in [0.15, 0.2) is 0 Å². The van der Waals surface area contributed by atoms with Gasteiger partial charge in [0, 0.05) is 11.3 Å². The summed E-state index contributed by atoms with van der Waals surface area (Å²) in [5, 5.41) is 5.40. The number of ether oxygens (including phenoxy) is 2. The summed E-state index contributed by atoms with van der Waals surface area (Å²) in [7, 11) is 0. The largest absolute Gasteiger partial charge is 0.493 e. The van der Waals surface area contributed by atoms with Crippen LogP contribution in [0.2, 0.25) is 5.02 Å². The highest BCUT2D eigenvalue weighted by molar-refractivity contribution is 6.32. The van der Waals surface area contributed by atoms with Gasteiger partial charge in [0.05, 0.1) is 17.2 Å². The summed E-state index contributed by atoms with van der Waals surface area (Å²) in [5.74, 6) is 1.03. The number of hydrogen-bond acceptors (Lipinski definition) is 4. The summed E-state index contributed by atoms with van der Waals surface area (Å²) in [6, 6.07) is 25.8. The highest BCUT2D eigenvalue weighted by Gasteiger charge is 2.20. The zero-order valence-electron chi connectivity index (χ0n) is 24.0. The van der Waals surface area contributed by atoms with Gasteiger partial charge in [-0.2, -0.15) is 0 Å². The van der Waals surface area contributed by atoms with Gasteiger partial charge in [-0.1, -0.05) is 87.8 Å². The Hall–Kier alpha value is -4.29. The monoisotopic (exact) mass is 570 g/mol. The van der Waals surface area contributed by atoms with Crippen molar-refractivity contribution in [3.63, 3.8) is 0 Å². The standard InChI is InChI=1S/C34H35ClN2O4/c1-6-22-19-25(36-33(39)37-32(38)26-15-11-12-16-29(26)40-7-2)21-28(35)31(22)41-30-18-17-24(34(3,4)5)20-27(30)23-13-9-8-10-14-23/h8-21H,6-7H2,1-5H3,(H2,36,37,38,39). The lowest BCUT2D eigenvalue weighted by Gasteiger charge is -2.22. The number of para-hydroxylation sites is 1. The molecular formula is C34H35ClN2O4. The van der Waals surface area contributed by atoms with Gasteiger partial charge in [-0.05, 0) is 71.8 Å². The number of urea groups is 1. The molecule has 6 nitrogen and oxygen atoms in total. The number of carbonyl (C=O) groups excluding carboxylic acids is 2. The Morgan fingerprint density at radius 3 is 2.24 bits per heavy atom. The van der Waals surface area contributed by atoms with E-state index in [2.05, 4.69) is 55.7 Å². The fourth-order valence-electron chi connectivity index (χ4n) is 4.41. The number of aryl methyl sites for hydroxylation is 1. The van der Waals surface area contributed by atoms with E-state index in [-0.39, 0.29) is 11.0 Å². The molecule has 41 heavy (non-hydrogen) atoms. The van der Waals surface area contributed by atoms with Gasteiger partial charge in [-0.25, -0.2) is 4.79 Å². The number of benzene rings is 4. The van der Waals surface area contributed by atoms with Crippen molar-refractivity contribution < 1.29 is 19.1 Å². The number of hydrogen-bond donors (Lipinski definition) is 2. The van der Waals surface area contributed by atoms with Gasteiger partial charge in [0.2, 0.25) is 0 Å².